The molecule has 1 N–H and O–H groups in total. The molecule has 1 aromatic rings. The molecule has 0 spiro atoms. The van der Waals surface area contributed by atoms with Crippen LogP contribution < -0.4 is 5.32 Å². The SMILES string of the molecule is CCC#CCN1CCCN(C(=O)CNC(=O)c2ccccc2)CC1. The van der Waals surface area contributed by atoms with Gasteiger partial charge in [-0.25, -0.2) is 0 Å². The average molecular weight is 327 g/mol. The van der Waals surface area contributed by atoms with Gasteiger partial charge in [0.05, 0.1) is 13.1 Å². The number of nitrogens with zero attached hydrogens (tertiary/aromatic N) is 2. The Kier molecular flexibility index (Phi) is 7.31. The van der Waals surface area contributed by atoms with Gasteiger partial charge >= 0.3 is 0 Å². The van der Waals surface area contributed by atoms with Crippen LogP contribution in [-0.4, -0.2) is 60.9 Å². The first-order valence-electron chi connectivity index (χ1n) is 8.49. The molecule has 1 aromatic carbocycles. The lowest BCUT2D eigenvalue weighted by molar-refractivity contribution is -0.129. The van der Waals surface area contributed by atoms with E-state index in [4.69, 9.17) is 0 Å². The molecule has 2 rings (SSSR count). The molecule has 2 amide bonds. The Morgan fingerprint density at radius 1 is 1.08 bits per heavy atom. The van der Waals surface area contributed by atoms with E-state index in [1.807, 2.05) is 30.0 Å². The number of rotatable bonds is 4. The summed E-state index contributed by atoms with van der Waals surface area (Å²) in [5.74, 6) is 5.99. The zero-order valence-corrected chi connectivity index (χ0v) is 14.3. The van der Waals surface area contributed by atoms with Gasteiger partial charge in [-0.1, -0.05) is 31.0 Å². The van der Waals surface area contributed by atoms with Gasteiger partial charge in [-0.3, -0.25) is 14.5 Å². The smallest absolute Gasteiger partial charge is 0.251 e. The van der Waals surface area contributed by atoms with Crippen LogP contribution >= 0.6 is 0 Å². The van der Waals surface area contributed by atoms with Crippen molar-refractivity contribution in [3.63, 3.8) is 0 Å². The molecule has 0 radical (unpaired) electrons. The maximum absolute atomic E-state index is 12.3. The largest absolute Gasteiger partial charge is 0.343 e. The van der Waals surface area contributed by atoms with Crippen LogP contribution in [0.4, 0.5) is 0 Å². The summed E-state index contributed by atoms with van der Waals surface area (Å²) in [6, 6.07) is 8.95. The zero-order chi connectivity index (χ0) is 17.2. The molecule has 0 aliphatic carbocycles. The third-order valence-corrected chi connectivity index (χ3v) is 3.98. The molecule has 5 nitrogen and oxygen atoms in total. The van der Waals surface area contributed by atoms with Crippen LogP contribution in [0.2, 0.25) is 0 Å². The van der Waals surface area contributed by atoms with Crippen molar-refractivity contribution >= 4 is 11.8 Å². The number of carbonyl (C=O) groups is 2. The summed E-state index contributed by atoms with van der Waals surface area (Å²) >= 11 is 0. The number of hydrogen-bond donors (Lipinski definition) is 1. The summed E-state index contributed by atoms with van der Waals surface area (Å²) in [4.78, 5) is 28.4. The minimum absolute atomic E-state index is 0.0271. The molecule has 1 saturated heterocycles. The van der Waals surface area contributed by atoms with Gasteiger partial charge in [0.2, 0.25) is 5.91 Å². The van der Waals surface area contributed by atoms with Crippen molar-refractivity contribution in [2.24, 2.45) is 0 Å². The number of nitrogens with one attached hydrogen (secondary N) is 1. The Labute approximate surface area is 144 Å². The quantitative estimate of drug-likeness (QED) is 0.850. The van der Waals surface area contributed by atoms with Crippen LogP contribution in [0.25, 0.3) is 0 Å². The highest BCUT2D eigenvalue weighted by Crippen LogP contribution is 2.03. The van der Waals surface area contributed by atoms with E-state index in [1.165, 1.54) is 0 Å². The topological polar surface area (TPSA) is 52.6 Å². The highest BCUT2D eigenvalue weighted by molar-refractivity contribution is 5.96. The average Bonchev–Trinajstić information content (AvgIpc) is 2.86. The van der Waals surface area contributed by atoms with E-state index in [9.17, 15) is 9.59 Å². The first-order chi connectivity index (χ1) is 11.7. The fourth-order valence-electron chi connectivity index (χ4n) is 2.63. The van der Waals surface area contributed by atoms with Gasteiger partial charge in [0, 0.05) is 38.2 Å². The molecular weight excluding hydrogens is 302 g/mol. The van der Waals surface area contributed by atoms with E-state index in [1.54, 1.807) is 12.1 Å². The number of amides is 2. The Balaban J connectivity index is 1.77. The second-order valence-electron chi connectivity index (χ2n) is 5.77. The second-order valence-corrected chi connectivity index (χ2v) is 5.77. The molecule has 5 heteroatoms. The van der Waals surface area contributed by atoms with Gasteiger partial charge in [-0.2, -0.15) is 0 Å². The van der Waals surface area contributed by atoms with Gasteiger partial charge in [-0.15, -0.1) is 5.92 Å². The van der Waals surface area contributed by atoms with Gasteiger partial charge in [-0.05, 0) is 18.6 Å². The second kappa shape index (κ2) is 9.74. The Morgan fingerprint density at radius 3 is 2.62 bits per heavy atom. The monoisotopic (exact) mass is 327 g/mol. The Hall–Kier alpha value is -2.32. The van der Waals surface area contributed by atoms with E-state index >= 15 is 0 Å². The Morgan fingerprint density at radius 2 is 1.88 bits per heavy atom. The van der Waals surface area contributed by atoms with Crippen LogP contribution in [0.5, 0.6) is 0 Å². The summed E-state index contributed by atoms with van der Waals surface area (Å²) in [6.07, 6.45) is 1.81. The Bertz CT molecular complexity index is 604. The normalized spacial score (nSPS) is 15.1. The minimum Gasteiger partial charge on any atom is -0.343 e. The molecule has 24 heavy (non-hydrogen) atoms. The lowest BCUT2D eigenvalue weighted by Crippen LogP contribution is -2.42. The first-order valence-corrected chi connectivity index (χ1v) is 8.49. The van der Waals surface area contributed by atoms with E-state index in [0.717, 1.165) is 39.0 Å². The molecule has 1 fully saturated rings. The van der Waals surface area contributed by atoms with Gasteiger partial charge in [0.15, 0.2) is 0 Å². The van der Waals surface area contributed by atoms with E-state index in [2.05, 4.69) is 22.1 Å². The van der Waals surface area contributed by atoms with Crippen molar-refractivity contribution in [1.29, 1.82) is 0 Å². The highest BCUT2D eigenvalue weighted by Gasteiger charge is 2.19. The molecule has 1 aliphatic rings. The number of benzene rings is 1. The summed E-state index contributed by atoms with van der Waals surface area (Å²) in [7, 11) is 0. The maximum Gasteiger partial charge on any atom is 0.251 e. The molecule has 1 aliphatic heterocycles. The zero-order valence-electron chi connectivity index (χ0n) is 14.3. The van der Waals surface area contributed by atoms with Crippen LogP contribution in [-0.2, 0) is 4.79 Å². The van der Waals surface area contributed by atoms with Crippen LogP contribution in [0, 0.1) is 11.8 Å². The summed E-state index contributed by atoms with van der Waals surface area (Å²) in [5, 5.41) is 2.70. The fraction of sp³-hybridized carbons (Fsp3) is 0.474. The first kappa shape index (κ1) is 18.0. The highest BCUT2D eigenvalue weighted by atomic mass is 16.2. The fourth-order valence-corrected chi connectivity index (χ4v) is 2.63. The lowest BCUT2D eigenvalue weighted by atomic mass is 10.2. The van der Waals surface area contributed by atoms with Crippen LogP contribution in [0.1, 0.15) is 30.1 Å². The summed E-state index contributed by atoms with van der Waals surface area (Å²) < 4.78 is 0. The molecule has 0 unspecified atom stereocenters. The molecule has 0 atom stereocenters. The number of hydrogen-bond acceptors (Lipinski definition) is 3. The minimum atomic E-state index is -0.213. The number of carbonyl (C=O) groups excluding carboxylic acids is 2. The van der Waals surface area contributed by atoms with Gasteiger partial charge in [0.1, 0.15) is 0 Å². The van der Waals surface area contributed by atoms with Crippen molar-refractivity contribution < 1.29 is 9.59 Å². The molecule has 0 bridgehead atoms. The standard InChI is InChI=1S/C19H25N3O2/c1-2-3-7-11-21-12-8-13-22(15-14-21)18(23)16-20-19(24)17-9-5-4-6-10-17/h4-6,9-10H,2,8,11-16H2,1H3,(H,20,24). The van der Waals surface area contributed by atoms with Gasteiger partial charge < -0.3 is 10.2 Å². The molecule has 128 valence electrons. The van der Waals surface area contributed by atoms with Gasteiger partial charge in [0.25, 0.3) is 5.91 Å². The van der Waals surface area contributed by atoms with E-state index in [-0.39, 0.29) is 18.4 Å². The van der Waals surface area contributed by atoms with Crippen molar-refractivity contribution in [3.05, 3.63) is 35.9 Å². The van der Waals surface area contributed by atoms with Crippen LogP contribution in [0.15, 0.2) is 30.3 Å². The lowest BCUT2D eigenvalue weighted by Gasteiger charge is -2.21. The maximum atomic E-state index is 12.3. The molecule has 0 saturated carbocycles. The summed E-state index contributed by atoms with van der Waals surface area (Å²) in [5.41, 5.74) is 0.571. The predicted molar refractivity (Wildman–Crippen MR) is 94.5 cm³/mol. The van der Waals surface area contributed by atoms with Crippen molar-refractivity contribution in [2.75, 3.05) is 39.3 Å². The molecule has 0 aromatic heterocycles. The predicted octanol–water partition coefficient (Wildman–Crippen LogP) is 1.36. The van der Waals surface area contributed by atoms with Crippen LogP contribution in [0.3, 0.4) is 0 Å². The van der Waals surface area contributed by atoms with E-state index in [0.29, 0.717) is 12.1 Å². The molecular formula is C19H25N3O2. The van der Waals surface area contributed by atoms with Crippen molar-refractivity contribution in [3.8, 4) is 11.8 Å². The van der Waals surface area contributed by atoms with E-state index < -0.39 is 0 Å². The third kappa shape index (κ3) is 5.71. The summed E-state index contributed by atoms with van der Waals surface area (Å²) in [6.45, 7) is 6.06. The third-order valence-electron chi connectivity index (χ3n) is 3.98. The van der Waals surface area contributed by atoms with Crippen molar-refractivity contribution in [1.82, 2.24) is 15.1 Å². The molecule has 1 heterocycles. The van der Waals surface area contributed by atoms with Crippen molar-refractivity contribution in [2.45, 2.75) is 19.8 Å².